The molecule has 0 amide bonds. The van der Waals surface area contributed by atoms with Crippen LogP contribution in [0.15, 0.2) is 0 Å². The molecule has 0 aliphatic heterocycles. The largest absolute Gasteiger partial charge is 0.390 e. The summed E-state index contributed by atoms with van der Waals surface area (Å²) < 4.78 is 0. The van der Waals surface area contributed by atoms with E-state index in [9.17, 15) is 5.11 Å². The van der Waals surface area contributed by atoms with Crippen LogP contribution in [0.2, 0.25) is 0 Å². The maximum Gasteiger partial charge on any atom is 0.0675 e. The van der Waals surface area contributed by atoms with E-state index >= 15 is 0 Å². The van der Waals surface area contributed by atoms with Crippen molar-refractivity contribution in [1.82, 2.24) is 0 Å². The molecule has 0 saturated heterocycles. The number of hydrogen-bond donors (Lipinski definition) is 1. The van der Waals surface area contributed by atoms with Crippen LogP contribution in [-0.4, -0.2) is 10.7 Å². The first-order valence-corrected chi connectivity index (χ1v) is 6.95. The van der Waals surface area contributed by atoms with Crippen LogP contribution in [0, 0.1) is 5.92 Å². The molecule has 0 aromatic carbocycles. The van der Waals surface area contributed by atoms with E-state index in [1.165, 1.54) is 44.9 Å². The molecule has 0 radical (unpaired) electrons. The summed E-state index contributed by atoms with van der Waals surface area (Å²) in [4.78, 5) is 0. The predicted octanol–water partition coefficient (Wildman–Crippen LogP) is 4.29. The third-order valence-corrected chi connectivity index (χ3v) is 4.13. The Morgan fingerprint density at radius 1 is 1.13 bits per heavy atom. The Bertz CT molecular complexity index is 167. The number of hydrogen-bond acceptors (Lipinski definition) is 1. The molecule has 1 heteroatoms. The van der Waals surface area contributed by atoms with Crippen molar-refractivity contribution in [2.24, 2.45) is 5.92 Å². The van der Waals surface area contributed by atoms with Crippen LogP contribution in [0.25, 0.3) is 0 Å². The standard InChI is InChI=1S/C14H28O/c1-3-5-6-7-8-11-14(15)12-9-10-13(14)4-2/h13,15H,3-12H2,1-2H3. The summed E-state index contributed by atoms with van der Waals surface area (Å²) in [7, 11) is 0. The Labute approximate surface area is 95.3 Å². The van der Waals surface area contributed by atoms with Gasteiger partial charge in [-0.25, -0.2) is 0 Å². The molecule has 0 bridgehead atoms. The van der Waals surface area contributed by atoms with Gasteiger partial charge in [0.05, 0.1) is 5.60 Å². The zero-order chi connectivity index (χ0) is 11.1. The van der Waals surface area contributed by atoms with Gasteiger partial charge in [-0.1, -0.05) is 58.8 Å². The van der Waals surface area contributed by atoms with Crippen LogP contribution in [-0.2, 0) is 0 Å². The fourth-order valence-electron chi connectivity index (χ4n) is 3.08. The summed E-state index contributed by atoms with van der Waals surface area (Å²) >= 11 is 0. The van der Waals surface area contributed by atoms with E-state index in [1.54, 1.807) is 0 Å². The minimum absolute atomic E-state index is 0.291. The van der Waals surface area contributed by atoms with Crippen molar-refractivity contribution in [3.63, 3.8) is 0 Å². The molecule has 15 heavy (non-hydrogen) atoms. The molecule has 0 heterocycles. The van der Waals surface area contributed by atoms with Crippen LogP contribution in [0.1, 0.15) is 78.1 Å². The summed E-state index contributed by atoms with van der Waals surface area (Å²) in [6.07, 6.45) is 12.3. The first-order chi connectivity index (χ1) is 7.23. The maximum atomic E-state index is 10.5. The molecular formula is C14H28O. The quantitative estimate of drug-likeness (QED) is 0.624. The van der Waals surface area contributed by atoms with Crippen LogP contribution in [0.5, 0.6) is 0 Å². The fourth-order valence-corrected chi connectivity index (χ4v) is 3.08. The average Bonchev–Trinajstić information content (AvgIpc) is 2.60. The van der Waals surface area contributed by atoms with Crippen molar-refractivity contribution in [1.29, 1.82) is 0 Å². The highest BCUT2D eigenvalue weighted by atomic mass is 16.3. The van der Waals surface area contributed by atoms with Crippen LogP contribution in [0.4, 0.5) is 0 Å². The maximum absolute atomic E-state index is 10.5. The van der Waals surface area contributed by atoms with E-state index in [0.717, 1.165) is 19.3 Å². The van der Waals surface area contributed by atoms with E-state index in [2.05, 4.69) is 13.8 Å². The van der Waals surface area contributed by atoms with Gasteiger partial charge in [-0.2, -0.15) is 0 Å². The zero-order valence-electron chi connectivity index (χ0n) is 10.6. The van der Waals surface area contributed by atoms with Gasteiger partial charge in [0.25, 0.3) is 0 Å². The first kappa shape index (κ1) is 13.0. The van der Waals surface area contributed by atoms with E-state index in [-0.39, 0.29) is 5.60 Å². The third kappa shape index (κ3) is 3.79. The van der Waals surface area contributed by atoms with Crippen molar-refractivity contribution >= 4 is 0 Å². The summed E-state index contributed by atoms with van der Waals surface area (Å²) in [6.45, 7) is 4.47. The lowest BCUT2D eigenvalue weighted by Crippen LogP contribution is -2.32. The summed E-state index contributed by atoms with van der Waals surface area (Å²) in [6, 6.07) is 0. The van der Waals surface area contributed by atoms with Gasteiger partial charge in [-0.05, 0) is 25.2 Å². The minimum Gasteiger partial charge on any atom is -0.390 e. The summed E-state index contributed by atoms with van der Waals surface area (Å²) in [5, 5.41) is 10.5. The topological polar surface area (TPSA) is 20.2 Å². The van der Waals surface area contributed by atoms with Crippen molar-refractivity contribution < 1.29 is 5.11 Å². The van der Waals surface area contributed by atoms with Crippen molar-refractivity contribution in [3.8, 4) is 0 Å². The number of rotatable bonds is 7. The number of unbranched alkanes of at least 4 members (excludes halogenated alkanes) is 4. The predicted molar refractivity (Wildman–Crippen MR) is 66.0 cm³/mol. The van der Waals surface area contributed by atoms with Gasteiger partial charge in [0.2, 0.25) is 0 Å². The molecule has 1 aliphatic carbocycles. The highest BCUT2D eigenvalue weighted by Crippen LogP contribution is 2.41. The molecule has 1 N–H and O–H groups in total. The molecule has 0 aromatic rings. The van der Waals surface area contributed by atoms with Crippen molar-refractivity contribution in [3.05, 3.63) is 0 Å². The molecule has 2 atom stereocenters. The average molecular weight is 212 g/mol. The van der Waals surface area contributed by atoms with E-state index in [1.807, 2.05) is 0 Å². The Balaban J connectivity index is 2.18. The van der Waals surface area contributed by atoms with Gasteiger partial charge in [-0.3, -0.25) is 0 Å². The smallest absolute Gasteiger partial charge is 0.0675 e. The lowest BCUT2D eigenvalue weighted by Gasteiger charge is -2.29. The molecule has 1 fully saturated rings. The monoisotopic (exact) mass is 212 g/mol. The lowest BCUT2D eigenvalue weighted by atomic mass is 9.84. The SMILES string of the molecule is CCCCCCCC1(O)CCCC1CC. The minimum atomic E-state index is -0.291. The second-order valence-corrected chi connectivity index (χ2v) is 5.27. The number of aliphatic hydroxyl groups is 1. The second kappa shape index (κ2) is 6.52. The van der Waals surface area contributed by atoms with Crippen LogP contribution in [0.3, 0.4) is 0 Å². The fraction of sp³-hybridized carbons (Fsp3) is 1.00. The molecule has 1 rings (SSSR count). The van der Waals surface area contributed by atoms with Crippen LogP contribution < -0.4 is 0 Å². The summed E-state index contributed by atoms with van der Waals surface area (Å²) in [5.74, 6) is 0.587. The molecule has 0 spiro atoms. The van der Waals surface area contributed by atoms with Gasteiger partial charge >= 0.3 is 0 Å². The molecule has 2 unspecified atom stereocenters. The van der Waals surface area contributed by atoms with Crippen molar-refractivity contribution in [2.75, 3.05) is 0 Å². The van der Waals surface area contributed by atoms with E-state index < -0.39 is 0 Å². The summed E-state index contributed by atoms with van der Waals surface area (Å²) in [5.41, 5.74) is -0.291. The molecule has 90 valence electrons. The Morgan fingerprint density at radius 2 is 1.87 bits per heavy atom. The van der Waals surface area contributed by atoms with Gasteiger partial charge < -0.3 is 5.11 Å². The molecule has 0 aromatic heterocycles. The highest BCUT2D eigenvalue weighted by Gasteiger charge is 2.38. The molecule has 1 saturated carbocycles. The Kier molecular flexibility index (Phi) is 5.66. The molecule has 1 nitrogen and oxygen atoms in total. The van der Waals surface area contributed by atoms with Gasteiger partial charge in [-0.15, -0.1) is 0 Å². The van der Waals surface area contributed by atoms with Gasteiger partial charge in [0.15, 0.2) is 0 Å². The van der Waals surface area contributed by atoms with E-state index in [0.29, 0.717) is 5.92 Å². The zero-order valence-corrected chi connectivity index (χ0v) is 10.6. The highest BCUT2D eigenvalue weighted by molar-refractivity contribution is 4.91. The van der Waals surface area contributed by atoms with Gasteiger partial charge in [0, 0.05) is 0 Å². The van der Waals surface area contributed by atoms with Gasteiger partial charge in [0.1, 0.15) is 0 Å². The van der Waals surface area contributed by atoms with E-state index in [4.69, 9.17) is 0 Å². The Morgan fingerprint density at radius 3 is 2.53 bits per heavy atom. The Hall–Kier alpha value is -0.0400. The lowest BCUT2D eigenvalue weighted by molar-refractivity contribution is -0.00905. The van der Waals surface area contributed by atoms with Crippen molar-refractivity contribution in [2.45, 2.75) is 83.7 Å². The normalized spacial score (nSPS) is 31.0. The first-order valence-electron chi connectivity index (χ1n) is 6.95. The second-order valence-electron chi connectivity index (χ2n) is 5.27. The molecular weight excluding hydrogens is 184 g/mol. The third-order valence-electron chi connectivity index (χ3n) is 4.13. The molecule has 1 aliphatic rings. The van der Waals surface area contributed by atoms with Crippen LogP contribution >= 0.6 is 0 Å².